The van der Waals surface area contributed by atoms with Crippen molar-refractivity contribution in [2.75, 3.05) is 20.3 Å². The fourth-order valence-corrected chi connectivity index (χ4v) is 1.54. The summed E-state index contributed by atoms with van der Waals surface area (Å²) in [4.78, 5) is 0. The van der Waals surface area contributed by atoms with Gasteiger partial charge in [0.2, 0.25) is 0 Å². The molecule has 3 heteroatoms. The molecule has 0 aliphatic heterocycles. The Balaban J connectivity index is 2.05. The number of hydrogen-bond acceptors (Lipinski definition) is 2. The van der Waals surface area contributed by atoms with E-state index in [4.69, 9.17) is 4.74 Å². The molecule has 0 aromatic heterocycles. The zero-order valence-corrected chi connectivity index (χ0v) is 9.84. The Labute approximate surface area is 96.8 Å². The second-order valence-corrected chi connectivity index (χ2v) is 3.82. The quantitative estimate of drug-likeness (QED) is 0.687. The molecule has 0 atom stereocenters. The van der Waals surface area contributed by atoms with Crippen LogP contribution in [-0.4, -0.2) is 20.3 Å². The first-order valence-electron chi connectivity index (χ1n) is 5.77. The minimum atomic E-state index is -0.130. The van der Waals surface area contributed by atoms with Gasteiger partial charge in [-0.05, 0) is 31.9 Å². The van der Waals surface area contributed by atoms with Crippen LogP contribution in [0, 0.1) is 5.82 Å². The first-order chi connectivity index (χ1) is 7.84. The van der Waals surface area contributed by atoms with Crippen molar-refractivity contribution < 1.29 is 9.13 Å². The van der Waals surface area contributed by atoms with E-state index in [1.165, 1.54) is 6.07 Å². The largest absolute Gasteiger partial charge is 0.385 e. The molecule has 0 aliphatic carbocycles. The first-order valence-corrected chi connectivity index (χ1v) is 5.77. The number of unbranched alkanes of at least 4 members (excludes halogenated alkanes) is 2. The molecule has 0 spiro atoms. The van der Waals surface area contributed by atoms with Gasteiger partial charge < -0.3 is 10.1 Å². The molecule has 90 valence electrons. The molecule has 1 N–H and O–H groups in total. The van der Waals surface area contributed by atoms with Gasteiger partial charge in [-0.2, -0.15) is 0 Å². The molecule has 1 rings (SSSR count). The summed E-state index contributed by atoms with van der Waals surface area (Å²) in [5.41, 5.74) is 0.736. The van der Waals surface area contributed by atoms with Gasteiger partial charge in [-0.25, -0.2) is 4.39 Å². The highest BCUT2D eigenvalue weighted by Gasteiger charge is 1.98. The van der Waals surface area contributed by atoms with Crippen molar-refractivity contribution >= 4 is 0 Å². The van der Waals surface area contributed by atoms with E-state index in [9.17, 15) is 4.39 Å². The normalized spacial score (nSPS) is 10.6. The van der Waals surface area contributed by atoms with E-state index in [1.807, 2.05) is 12.1 Å². The number of nitrogens with one attached hydrogen (secondary N) is 1. The second-order valence-electron chi connectivity index (χ2n) is 3.82. The van der Waals surface area contributed by atoms with Crippen LogP contribution in [0.4, 0.5) is 4.39 Å². The molecule has 1 aromatic carbocycles. The van der Waals surface area contributed by atoms with Gasteiger partial charge in [-0.3, -0.25) is 0 Å². The first kappa shape index (κ1) is 13.1. The predicted molar refractivity (Wildman–Crippen MR) is 63.8 cm³/mol. The third-order valence-corrected chi connectivity index (χ3v) is 2.48. The van der Waals surface area contributed by atoms with Crippen molar-refractivity contribution in [1.82, 2.24) is 5.32 Å². The van der Waals surface area contributed by atoms with Crippen molar-refractivity contribution in [2.24, 2.45) is 0 Å². The van der Waals surface area contributed by atoms with E-state index in [0.29, 0.717) is 6.54 Å². The number of rotatable bonds is 8. The molecule has 0 unspecified atom stereocenters. The summed E-state index contributed by atoms with van der Waals surface area (Å²) in [5, 5.41) is 3.24. The van der Waals surface area contributed by atoms with E-state index in [1.54, 1.807) is 13.2 Å². The van der Waals surface area contributed by atoms with E-state index >= 15 is 0 Å². The van der Waals surface area contributed by atoms with Gasteiger partial charge in [0.15, 0.2) is 0 Å². The maximum atomic E-state index is 13.2. The summed E-state index contributed by atoms with van der Waals surface area (Å²) < 4.78 is 18.2. The van der Waals surface area contributed by atoms with Crippen LogP contribution in [0.5, 0.6) is 0 Å². The molecule has 0 bridgehead atoms. The number of methoxy groups -OCH3 is 1. The van der Waals surface area contributed by atoms with Crippen molar-refractivity contribution in [2.45, 2.75) is 25.8 Å². The fourth-order valence-electron chi connectivity index (χ4n) is 1.54. The minimum Gasteiger partial charge on any atom is -0.385 e. The summed E-state index contributed by atoms with van der Waals surface area (Å²) in [7, 11) is 1.72. The number of ether oxygens (including phenoxy) is 1. The van der Waals surface area contributed by atoms with Gasteiger partial charge in [-0.15, -0.1) is 0 Å². The maximum Gasteiger partial charge on any atom is 0.127 e. The van der Waals surface area contributed by atoms with Crippen molar-refractivity contribution in [3.63, 3.8) is 0 Å². The average Bonchev–Trinajstić information content (AvgIpc) is 2.30. The Morgan fingerprint density at radius 3 is 2.75 bits per heavy atom. The number of benzene rings is 1. The topological polar surface area (TPSA) is 21.3 Å². The Morgan fingerprint density at radius 2 is 2.00 bits per heavy atom. The zero-order chi connectivity index (χ0) is 11.6. The molecule has 0 amide bonds. The van der Waals surface area contributed by atoms with E-state index in [-0.39, 0.29) is 5.82 Å². The second kappa shape index (κ2) is 8.25. The highest BCUT2D eigenvalue weighted by atomic mass is 19.1. The molecule has 0 aliphatic rings. The molecule has 2 nitrogen and oxygen atoms in total. The van der Waals surface area contributed by atoms with Crippen LogP contribution in [0.25, 0.3) is 0 Å². The third-order valence-electron chi connectivity index (χ3n) is 2.48. The molecular formula is C13H20FNO. The van der Waals surface area contributed by atoms with Crippen molar-refractivity contribution in [3.05, 3.63) is 35.6 Å². The lowest BCUT2D eigenvalue weighted by atomic mass is 10.2. The summed E-state index contributed by atoms with van der Waals surface area (Å²) in [6, 6.07) is 6.88. The predicted octanol–water partition coefficient (Wildman–Crippen LogP) is 2.73. The molecule has 0 fully saturated rings. The van der Waals surface area contributed by atoms with Gasteiger partial charge in [-0.1, -0.05) is 18.2 Å². The van der Waals surface area contributed by atoms with Crippen molar-refractivity contribution in [3.8, 4) is 0 Å². The fraction of sp³-hybridized carbons (Fsp3) is 0.538. The summed E-state index contributed by atoms with van der Waals surface area (Å²) in [6.07, 6.45) is 3.35. The van der Waals surface area contributed by atoms with Crippen LogP contribution in [0.15, 0.2) is 24.3 Å². The summed E-state index contributed by atoms with van der Waals surface area (Å²) in [5.74, 6) is -0.130. The van der Waals surface area contributed by atoms with E-state index in [2.05, 4.69) is 5.32 Å². The number of hydrogen-bond donors (Lipinski definition) is 1. The van der Waals surface area contributed by atoms with Gasteiger partial charge in [0, 0.05) is 25.8 Å². The molecule has 1 aromatic rings. The Morgan fingerprint density at radius 1 is 1.19 bits per heavy atom. The average molecular weight is 225 g/mol. The van der Waals surface area contributed by atoms with Crippen LogP contribution in [-0.2, 0) is 11.3 Å². The smallest absolute Gasteiger partial charge is 0.127 e. The zero-order valence-electron chi connectivity index (χ0n) is 9.84. The van der Waals surface area contributed by atoms with Crippen LogP contribution in [0.3, 0.4) is 0 Å². The molecule has 0 radical (unpaired) electrons. The van der Waals surface area contributed by atoms with E-state index < -0.39 is 0 Å². The molecule has 0 saturated heterocycles. The third kappa shape index (κ3) is 5.24. The minimum absolute atomic E-state index is 0.130. The highest BCUT2D eigenvalue weighted by molar-refractivity contribution is 5.16. The Hall–Kier alpha value is -0.930. The van der Waals surface area contributed by atoms with Crippen molar-refractivity contribution in [1.29, 1.82) is 0 Å². The van der Waals surface area contributed by atoms with Gasteiger partial charge in [0.05, 0.1) is 0 Å². The standard InChI is InChI=1S/C13H20FNO/c1-16-10-6-2-5-9-15-11-12-7-3-4-8-13(12)14/h3-4,7-8,15H,2,5-6,9-11H2,1H3. The monoisotopic (exact) mass is 225 g/mol. The van der Waals surface area contributed by atoms with Crippen LogP contribution in [0.2, 0.25) is 0 Å². The van der Waals surface area contributed by atoms with Crippen LogP contribution >= 0.6 is 0 Å². The Kier molecular flexibility index (Phi) is 6.77. The molecule has 0 heterocycles. The lowest BCUT2D eigenvalue weighted by Gasteiger charge is -2.05. The van der Waals surface area contributed by atoms with Gasteiger partial charge in [0.1, 0.15) is 5.82 Å². The lowest BCUT2D eigenvalue weighted by molar-refractivity contribution is 0.192. The molecular weight excluding hydrogens is 205 g/mol. The lowest BCUT2D eigenvalue weighted by Crippen LogP contribution is -2.15. The van der Waals surface area contributed by atoms with Crippen LogP contribution < -0.4 is 5.32 Å². The summed E-state index contributed by atoms with van der Waals surface area (Å²) in [6.45, 7) is 2.36. The van der Waals surface area contributed by atoms with E-state index in [0.717, 1.165) is 38.0 Å². The maximum absolute atomic E-state index is 13.2. The van der Waals surface area contributed by atoms with Crippen LogP contribution in [0.1, 0.15) is 24.8 Å². The Bertz CT molecular complexity index is 291. The SMILES string of the molecule is COCCCCCNCc1ccccc1F. The van der Waals surface area contributed by atoms with Gasteiger partial charge in [0.25, 0.3) is 0 Å². The molecule has 16 heavy (non-hydrogen) atoms. The molecule has 0 saturated carbocycles. The highest BCUT2D eigenvalue weighted by Crippen LogP contribution is 2.05. The van der Waals surface area contributed by atoms with Gasteiger partial charge >= 0.3 is 0 Å². The number of halogens is 1. The summed E-state index contributed by atoms with van der Waals surface area (Å²) >= 11 is 0.